The molecule has 2 aromatic heterocycles. The second-order valence-corrected chi connectivity index (χ2v) is 4.99. The molecule has 0 bridgehead atoms. The van der Waals surface area contributed by atoms with Crippen molar-refractivity contribution in [3.05, 3.63) is 58.6 Å². The number of aromatic nitrogens is 2. The van der Waals surface area contributed by atoms with Gasteiger partial charge in [0.2, 0.25) is 0 Å². The van der Waals surface area contributed by atoms with Crippen LogP contribution in [0.2, 0.25) is 0 Å². The van der Waals surface area contributed by atoms with Crippen LogP contribution >= 0.6 is 15.9 Å². The number of rotatable bonds is 5. The van der Waals surface area contributed by atoms with Crippen molar-refractivity contribution in [2.75, 3.05) is 6.54 Å². The molecule has 0 aliphatic carbocycles. The Morgan fingerprint density at radius 2 is 2.00 bits per heavy atom. The predicted octanol–water partition coefficient (Wildman–Crippen LogP) is 3.13. The molecule has 0 radical (unpaired) electrons. The molecule has 1 unspecified atom stereocenters. The van der Waals surface area contributed by atoms with E-state index in [1.54, 1.807) is 0 Å². The van der Waals surface area contributed by atoms with Crippen LogP contribution in [0.15, 0.2) is 47.3 Å². The van der Waals surface area contributed by atoms with Gasteiger partial charge < -0.3 is 5.32 Å². The van der Waals surface area contributed by atoms with Gasteiger partial charge in [-0.3, -0.25) is 9.97 Å². The maximum absolute atomic E-state index is 4.47. The quantitative estimate of drug-likeness (QED) is 0.922. The Kier molecular flexibility index (Phi) is 4.84. The molecule has 0 saturated carbocycles. The zero-order valence-electron chi connectivity index (χ0n) is 10.3. The van der Waals surface area contributed by atoms with Gasteiger partial charge in [-0.25, -0.2) is 0 Å². The van der Waals surface area contributed by atoms with Gasteiger partial charge in [0.05, 0.1) is 11.7 Å². The Balaban J connectivity index is 2.15. The lowest BCUT2D eigenvalue weighted by atomic mass is 10.0. The molecule has 3 nitrogen and oxygen atoms in total. The van der Waals surface area contributed by atoms with Crippen LogP contribution in [0.25, 0.3) is 0 Å². The number of nitrogens with one attached hydrogen (secondary N) is 1. The smallest absolute Gasteiger partial charge is 0.0577 e. The van der Waals surface area contributed by atoms with E-state index in [1.165, 1.54) is 5.56 Å². The third kappa shape index (κ3) is 3.62. The number of nitrogens with zero attached hydrogens (tertiary/aromatic N) is 2. The molecule has 0 aliphatic heterocycles. The fraction of sp³-hybridized carbons (Fsp3) is 0.286. The molecule has 2 aromatic rings. The fourth-order valence-corrected chi connectivity index (χ4v) is 2.11. The first kappa shape index (κ1) is 13.2. The molecule has 94 valence electrons. The molecular weight excluding hydrogens is 290 g/mol. The van der Waals surface area contributed by atoms with Gasteiger partial charge in [0, 0.05) is 23.1 Å². The van der Waals surface area contributed by atoms with Crippen LogP contribution in [0.3, 0.4) is 0 Å². The minimum absolute atomic E-state index is 0.241. The van der Waals surface area contributed by atoms with E-state index in [1.807, 2.05) is 36.8 Å². The van der Waals surface area contributed by atoms with Gasteiger partial charge >= 0.3 is 0 Å². The third-order valence-corrected chi connectivity index (χ3v) is 3.22. The van der Waals surface area contributed by atoms with Crippen molar-refractivity contribution in [1.29, 1.82) is 0 Å². The van der Waals surface area contributed by atoms with Gasteiger partial charge in [-0.1, -0.05) is 6.92 Å². The normalized spacial score (nSPS) is 12.3. The highest BCUT2D eigenvalue weighted by atomic mass is 79.9. The van der Waals surface area contributed by atoms with Crippen molar-refractivity contribution < 1.29 is 0 Å². The lowest BCUT2D eigenvalue weighted by molar-refractivity contribution is 0.536. The lowest BCUT2D eigenvalue weighted by Gasteiger charge is -2.17. The first-order valence-corrected chi connectivity index (χ1v) is 6.82. The Bertz CT molecular complexity index is 470. The average molecular weight is 306 g/mol. The summed E-state index contributed by atoms with van der Waals surface area (Å²) < 4.78 is 1.01. The molecule has 4 heteroatoms. The van der Waals surface area contributed by atoms with Crippen molar-refractivity contribution in [2.45, 2.75) is 19.4 Å². The summed E-state index contributed by atoms with van der Waals surface area (Å²) in [6, 6.07) is 8.41. The number of hydrogen-bond donors (Lipinski definition) is 1. The SMILES string of the molecule is CCNC(Cc1ccncc1)c1ccc(Br)cn1. The standard InChI is InChI=1S/C14H16BrN3/c1-2-17-14(9-11-5-7-16-8-6-11)13-4-3-12(15)10-18-13/h3-8,10,14,17H,2,9H2,1H3. The van der Waals surface area contributed by atoms with Gasteiger partial charge in [-0.2, -0.15) is 0 Å². The molecule has 1 N–H and O–H groups in total. The molecule has 18 heavy (non-hydrogen) atoms. The maximum atomic E-state index is 4.47. The van der Waals surface area contributed by atoms with E-state index in [-0.39, 0.29) is 6.04 Å². The lowest BCUT2D eigenvalue weighted by Crippen LogP contribution is -2.23. The summed E-state index contributed by atoms with van der Waals surface area (Å²) >= 11 is 3.41. The maximum Gasteiger partial charge on any atom is 0.0577 e. The molecule has 2 heterocycles. The van der Waals surface area contributed by atoms with Crippen LogP contribution in [0.4, 0.5) is 0 Å². The Morgan fingerprint density at radius 1 is 1.22 bits per heavy atom. The van der Waals surface area contributed by atoms with Crippen molar-refractivity contribution in [2.24, 2.45) is 0 Å². The first-order chi connectivity index (χ1) is 8.79. The molecule has 0 aromatic carbocycles. The highest BCUT2D eigenvalue weighted by Crippen LogP contribution is 2.18. The van der Waals surface area contributed by atoms with E-state index < -0.39 is 0 Å². The van der Waals surface area contributed by atoms with E-state index in [2.05, 4.69) is 44.2 Å². The van der Waals surface area contributed by atoms with Crippen molar-refractivity contribution in [1.82, 2.24) is 15.3 Å². The summed E-state index contributed by atoms with van der Waals surface area (Å²) in [6.45, 7) is 3.03. The zero-order chi connectivity index (χ0) is 12.8. The van der Waals surface area contributed by atoms with Crippen LogP contribution in [0.1, 0.15) is 24.2 Å². The summed E-state index contributed by atoms with van der Waals surface area (Å²) in [7, 11) is 0. The van der Waals surface area contributed by atoms with Gasteiger partial charge in [-0.05, 0) is 58.7 Å². The second kappa shape index (κ2) is 6.61. The van der Waals surface area contributed by atoms with Crippen molar-refractivity contribution >= 4 is 15.9 Å². The van der Waals surface area contributed by atoms with E-state index in [0.29, 0.717) is 0 Å². The van der Waals surface area contributed by atoms with Crippen molar-refractivity contribution in [3.8, 4) is 0 Å². The molecule has 0 spiro atoms. The van der Waals surface area contributed by atoms with E-state index >= 15 is 0 Å². The highest BCUT2D eigenvalue weighted by molar-refractivity contribution is 9.10. The summed E-state index contributed by atoms with van der Waals surface area (Å²) in [5.41, 5.74) is 2.33. The monoisotopic (exact) mass is 305 g/mol. The predicted molar refractivity (Wildman–Crippen MR) is 76.3 cm³/mol. The molecule has 0 fully saturated rings. The van der Waals surface area contributed by atoms with Gasteiger partial charge in [0.1, 0.15) is 0 Å². The van der Waals surface area contributed by atoms with Crippen LogP contribution in [-0.2, 0) is 6.42 Å². The van der Waals surface area contributed by atoms with E-state index in [0.717, 1.165) is 23.1 Å². The fourth-order valence-electron chi connectivity index (χ4n) is 1.88. The zero-order valence-corrected chi connectivity index (χ0v) is 11.9. The van der Waals surface area contributed by atoms with Crippen LogP contribution < -0.4 is 5.32 Å². The molecule has 0 saturated heterocycles. The molecule has 0 amide bonds. The largest absolute Gasteiger partial charge is 0.309 e. The molecular formula is C14H16BrN3. The Hall–Kier alpha value is -1.26. The highest BCUT2D eigenvalue weighted by Gasteiger charge is 2.12. The molecule has 2 rings (SSSR count). The van der Waals surface area contributed by atoms with Crippen LogP contribution in [-0.4, -0.2) is 16.5 Å². The number of likely N-dealkylation sites (N-methyl/N-ethyl adjacent to an activating group) is 1. The topological polar surface area (TPSA) is 37.8 Å². The minimum atomic E-state index is 0.241. The first-order valence-electron chi connectivity index (χ1n) is 6.03. The van der Waals surface area contributed by atoms with E-state index in [9.17, 15) is 0 Å². The van der Waals surface area contributed by atoms with Gasteiger partial charge in [0.25, 0.3) is 0 Å². The third-order valence-electron chi connectivity index (χ3n) is 2.75. The Labute approximate surface area is 116 Å². The number of halogens is 1. The average Bonchev–Trinajstić information content (AvgIpc) is 2.40. The van der Waals surface area contributed by atoms with Crippen LogP contribution in [0.5, 0.6) is 0 Å². The summed E-state index contributed by atoms with van der Waals surface area (Å²) in [4.78, 5) is 8.51. The number of pyridine rings is 2. The summed E-state index contributed by atoms with van der Waals surface area (Å²) in [5, 5.41) is 3.47. The van der Waals surface area contributed by atoms with Gasteiger partial charge in [-0.15, -0.1) is 0 Å². The van der Waals surface area contributed by atoms with Crippen LogP contribution in [0, 0.1) is 0 Å². The van der Waals surface area contributed by atoms with E-state index in [4.69, 9.17) is 0 Å². The Morgan fingerprint density at radius 3 is 2.61 bits per heavy atom. The molecule has 0 aliphatic rings. The van der Waals surface area contributed by atoms with Gasteiger partial charge in [0.15, 0.2) is 0 Å². The summed E-state index contributed by atoms with van der Waals surface area (Å²) in [6.07, 6.45) is 6.41. The molecule has 1 atom stereocenters. The number of hydrogen-bond acceptors (Lipinski definition) is 3. The second-order valence-electron chi connectivity index (χ2n) is 4.07. The van der Waals surface area contributed by atoms with Crippen molar-refractivity contribution in [3.63, 3.8) is 0 Å². The minimum Gasteiger partial charge on any atom is -0.309 e. The summed E-state index contributed by atoms with van der Waals surface area (Å²) in [5.74, 6) is 0.